The van der Waals surface area contributed by atoms with Gasteiger partial charge in [0, 0.05) is 5.02 Å². The van der Waals surface area contributed by atoms with E-state index in [1.807, 2.05) is 0 Å². The molecule has 0 saturated carbocycles. The molecular formula is C12H12BrClO3. The summed E-state index contributed by atoms with van der Waals surface area (Å²) in [5.41, 5.74) is 0.960. The van der Waals surface area contributed by atoms with Crippen LogP contribution in [0, 0.1) is 0 Å². The van der Waals surface area contributed by atoms with Crippen molar-refractivity contribution in [1.29, 1.82) is 0 Å². The molecule has 1 atom stereocenters. The number of esters is 1. The minimum Gasteiger partial charge on any atom is -0.462 e. The van der Waals surface area contributed by atoms with Crippen LogP contribution in [0.15, 0.2) is 18.2 Å². The van der Waals surface area contributed by atoms with Crippen LogP contribution in [0.5, 0.6) is 0 Å². The first-order valence-electron chi connectivity index (χ1n) is 5.08. The molecule has 3 nitrogen and oxygen atoms in total. The Labute approximate surface area is 113 Å². The maximum absolute atomic E-state index is 11.5. The normalized spacial score (nSPS) is 12.0. The van der Waals surface area contributed by atoms with Gasteiger partial charge in [-0.2, -0.15) is 0 Å². The van der Waals surface area contributed by atoms with Crippen LogP contribution in [0.1, 0.15) is 34.6 Å². The monoisotopic (exact) mass is 318 g/mol. The zero-order chi connectivity index (χ0) is 13.0. The fourth-order valence-electron chi connectivity index (χ4n) is 1.30. The molecule has 0 aliphatic carbocycles. The molecule has 1 rings (SSSR count). The van der Waals surface area contributed by atoms with Gasteiger partial charge in [0.15, 0.2) is 0 Å². The highest BCUT2D eigenvalue weighted by atomic mass is 79.9. The second kappa shape index (κ2) is 6.17. The number of Topliss-reactive ketones (excluding diaryl/α,β-unsaturated/α-hetero) is 1. The molecule has 1 unspecified atom stereocenters. The van der Waals surface area contributed by atoms with Crippen LogP contribution in [-0.2, 0) is 9.53 Å². The molecule has 0 spiro atoms. The Kier molecular flexibility index (Phi) is 5.15. The molecule has 0 saturated heterocycles. The molecule has 0 fully saturated rings. The summed E-state index contributed by atoms with van der Waals surface area (Å²) in [5, 5.41) is 0.440. The Morgan fingerprint density at radius 1 is 1.47 bits per heavy atom. The van der Waals surface area contributed by atoms with Gasteiger partial charge in [0.1, 0.15) is 5.78 Å². The van der Waals surface area contributed by atoms with Crippen molar-refractivity contribution in [2.45, 2.75) is 18.7 Å². The molecular weight excluding hydrogens is 307 g/mol. The van der Waals surface area contributed by atoms with Crippen LogP contribution in [0.4, 0.5) is 0 Å². The first-order valence-corrected chi connectivity index (χ1v) is 6.37. The SMILES string of the molecule is CCOC(=O)c1ccc(Cl)c(C(Br)C(C)=O)c1. The van der Waals surface area contributed by atoms with Crippen molar-refractivity contribution in [2.24, 2.45) is 0 Å². The van der Waals surface area contributed by atoms with Gasteiger partial charge in [-0.15, -0.1) is 0 Å². The zero-order valence-electron chi connectivity index (χ0n) is 9.50. The number of alkyl halides is 1. The van der Waals surface area contributed by atoms with E-state index in [-0.39, 0.29) is 5.78 Å². The predicted molar refractivity (Wildman–Crippen MR) is 69.8 cm³/mol. The Morgan fingerprint density at radius 2 is 2.12 bits per heavy atom. The minimum absolute atomic E-state index is 0.0760. The maximum Gasteiger partial charge on any atom is 0.338 e. The van der Waals surface area contributed by atoms with Crippen LogP contribution in [-0.4, -0.2) is 18.4 Å². The third kappa shape index (κ3) is 3.54. The van der Waals surface area contributed by atoms with E-state index < -0.39 is 10.8 Å². The zero-order valence-corrected chi connectivity index (χ0v) is 11.8. The van der Waals surface area contributed by atoms with Crippen LogP contribution < -0.4 is 0 Å². The Balaban J connectivity index is 3.10. The summed E-state index contributed by atoms with van der Waals surface area (Å²) in [7, 11) is 0. The molecule has 5 heteroatoms. The van der Waals surface area contributed by atoms with Crippen molar-refractivity contribution in [3.63, 3.8) is 0 Å². The van der Waals surface area contributed by atoms with E-state index in [9.17, 15) is 9.59 Å². The van der Waals surface area contributed by atoms with Gasteiger partial charge in [-0.1, -0.05) is 27.5 Å². The number of halogens is 2. The van der Waals surface area contributed by atoms with Crippen LogP contribution >= 0.6 is 27.5 Å². The molecule has 0 amide bonds. The average molecular weight is 320 g/mol. The number of rotatable bonds is 4. The molecule has 0 N–H and O–H groups in total. The topological polar surface area (TPSA) is 43.4 Å². The van der Waals surface area contributed by atoms with E-state index >= 15 is 0 Å². The van der Waals surface area contributed by atoms with Crippen LogP contribution in [0.3, 0.4) is 0 Å². The lowest BCUT2D eigenvalue weighted by Crippen LogP contribution is -2.07. The third-order valence-electron chi connectivity index (χ3n) is 2.14. The molecule has 0 aliphatic heterocycles. The van der Waals surface area contributed by atoms with Crippen molar-refractivity contribution in [2.75, 3.05) is 6.61 Å². The molecule has 0 radical (unpaired) electrons. The largest absolute Gasteiger partial charge is 0.462 e. The van der Waals surface area contributed by atoms with Crippen molar-refractivity contribution in [3.05, 3.63) is 34.3 Å². The molecule has 1 aromatic rings. The van der Waals surface area contributed by atoms with E-state index in [4.69, 9.17) is 16.3 Å². The molecule has 0 bridgehead atoms. The first kappa shape index (κ1) is 14.2. The van der Waals surface area contributed by atoms with Gasteiger partial charge in [-0.25, -0.2) is 4.79 Å². The Hall–Kier alpha value is -0.870. The van der Waals surface area contributed by atoms with Gasteiger partial charge in [0.05, 0.1) is 17.0 Å². The highest BCUT2D eigenvalue weighted by molar-refractivity contribution is 9.09. The minimum atomic E-state index is -0.510. The van der Waals surface area contributed by atoms with Crippen molar-refractivity contribution < 1.29 is 14.3 Å². The molecule has 92 valence electrons. The average Bonchev–Trinajstić information content (AvgIpc) is 2.28. The Bertz CT molecular complexity index is 445. The van der Waals surface area contributed by atoms with Crippen LogP contribution in [0.2, 0.25) is 5.02 Å². The fraction of sp³-hybridized carbons (Fsp3) is 0.333. The molecule has 0 aromatic heterocycles. The summed E-state index contributed by atoms with van der Waals surface area (Å²) in [4.78, 5) is 22.3. The van der Waals surface area contributed by atoms with E-state index in [0.29, 0.717) is 22.8 Å². The summed E-state index contributed by atoms with van der Waals surface area (Å²) < 4.78 is 4.88. The highest BCUT2D eigenvalue weighted by Gasteiger charge is 2.18. The first-order chi connectivity index (χ1) is 7.97. The summed E-state index contributed by atoms with van der Waals surface area (Å²) >= 11 is 9.22. The Morgan fingerprint density at radius 3 is 2.65 bits per heavy atom. The number of ether oxygens (including phenoxy) is 1. The lowest BCUT2D eigenvalue weighted by Gasteiger charge is -2.10. The van der Waals surface area contributed by atoms with Gasteiger partial charge < -0.3 is 4.74 Å². The highest BCUT2D eigenvalue weighted by Crippen LogP contribution is 2.31. The third-order valence-corrected chi connectivity index (χ3v) is 3.62. The quantitative estimate of drug-likeness (QED) is 0.630. The summed E-state index contributed by atoms with van der Waals surface area (Å²) in [6.45, 7) is 3.49. The number of hydrogen-bond acceptors (Lipinski definition) is 3. The molecule has 17 heavy (non-hydrogen) atoms. The molecule has 0 aliphatic rings. The van der Waals surface area contributed by atoms with E-state index in [1.54, 1.807) is 25.1 Å². The van der Waals surface area contributed by atoms with Gasteiger partial charge in [-0.05, 0) is 37.6 Å². The van der Waals surface area contributed by atoms with E-state index in [0.717, 1.165) is 0 Å². The number of hydrogen-bond donors (Lipinski definition) is 0. The fourth-order valence-corrected chi connectivity index (χ4v) is 2.04. The van der Waals surface area contributed by atoms with Crippen molar-refractivity contribution in [3.8, 4) is 0 Å². The summed E-state index contributed by atoms with van der Waals surface area (Å²) in [5.74, 6) is -0.499. The summed E-state index contributed by atoms with van der Waals surface area (Å²) in [6, 6.07) is 4.73. The second-order valence-electron chi connectivity index (χ2n) is 3.43. The van der Waals surface area contributed by atoms with Crippen molar-refractivity contribution in [1.82, 2.24) is 0 Å². The number of ketones is 1. The number of carbonyl (C=O) groups is 2. The molecule has 0 heterocycles. The van der Waals surface area contributed by atoms with E-state index in [2.05, 4.69) is 15.9 Å². The standard InChI is InChI=1S/C12H12BrClO3/c1-3-17-12(16)8-4-5-10(14)9(6-8)11(13)7(2)15/h4-6,11H,3H2,1-2H3. The van der Waals surface area contributed by atoms with Crippen molar-refractivity contribution >= 4 is 39.3 Å². The number of carbonyl (C=O) groups excluding carboxylic acids is 2. The lowest BCUT2D eigenvalue weighted by molar-refractivity contribution is -0.116. The lowest BCUT2D eigenvalue weighted by atomic mass is 10.1. The number of benzene rings is 1. The van der Waals surface area contributed by atoms with Gasteiger partial charge in [-0.3, -0.25) is 4.79 Å². The smallest absolute Gasteiger partial charge is 0.338 e. The van der Waals surface area contributed by atoms with Crippen LogP contribution in [0.25, 0.3) is 0 Å². The van der Waals surface area contributed by atoms with Gasteiger partial charge >= 0.3 is 5.97 Å². The van der Waals surface area contributed by atoms with Gasteiger partial charge in [0.25, 0.3) is 0 Å². The predicted octanol–water partition coefficient (Wildman–Crippen LogP) is 3.54. The van der Waals surface area contributed by atoms with E-state index in [1.165, 1.54) is 6.92 Å². The second-order valence-corrected chi connectivity index (χ2v) is 4.75. The van der Waals surface area contributed by atoms with Gasteiger partial charge in [0.2, 0.25) is 0 Å². The maximum atomic E-state index is 11.5. The molecule has 1 aromatic carbocycles. The summed E-state index contributed by atoms with van der Waals surface area (Å²) in [6.07, 6.45) is 0.